The maximum atomic E-state index is 5.52. The Morgan fingerprint density at radius 2 is 2.21 bits per heavy atom. The first kappa shape index (κ1) is 14.2. The van der Waals surface area contributed by atoms with Crippen molar-refractivity contribution >= 4 is 5.82 Å². The number of hydrogen-bond acceptors (Lipinski definition) is 5. The maximum Gasteiger partial charge on any atom is 0.159 e. The van der Waals surface area contributed by atoms with E-state index in [2.05, 4.69) is 29.1 Å². The van der Waals surface area contributed by atoms with Gasteiger partial charge in [-0.25, -0.2) is 9.97 Å². The smallest absolute Gasteiger partial charge is 0.159 e. The van der Waals surface area contributed by atoms with Crippen LogP contribution in [0.1, 0.15) is 49.9 Å². The third-order valence-corrected chi connectivity index (χ3v) is 3.31. The van der Waals surface area contributed by atoms with E-state index in [9.17, 15) is 0 Å². The van der Waals surface area contributed by atoms with Gasteiger partial charge in [0.05, 0.1) is 18.9 Å². The molecule has 1 aliphatic heterocycles. The van der Waals surface area contributed by atoms with E-state index in [4.69, 9.17) is 9.47 Å². The summed E-state index contributed by atoms with van der Waals surface area (Å²) in [6.45, 7) is 6.39. The first-order valence-electron chi connectivity index (χ1n) is 7.04. The molecule has 1 aromatic heterocycles. The van der Waals surface area contributed by atoms with Crippen molar-refractivity contribution in [2.75, 3.05) is 25.6 Å². The number of ether oxygens (including phenoxy) is 2. The van der Waals surface area contributed by atoms with Gasteiger partial charge in [-0.05, 0) is 13.3 Å². The van der Waals surface area contributed by atoms with E-state index in [1.54, 1.807) is 7.11 Å². The number of anilines is 1. The minimum Gasteiger partial charge on any atom is -0.376 e. The van der Waals surface area contributed by atoms with Crippen LogP contribution in [0.5, 0.6) is 0 Å². The number of hydrogen-bond donors (Lipinski definition) is 1. The minimum absolute atomic E-state index is 0.0180. The zero-order valence-electron chi connectivity index (χ0n) is 12.0. The molecule has 1 aromatic rings. The average molecular weight is 265 g/mol. The highest BCUT2D eigenvalue weighted by Crippen LogP contribution is 2.26. The Labute approximate surface area is 114 Å². The number of methoxy groups -OCH3 is 1. The molecular formula is C14H23N3O2. The molecular weight excluding hydrogens is 242 g/mol. The second-order valence-corrected chi connectivity index (χ2v) is 4.70. The van der Waals surface area contributed by atoms with Crippen molar-refractivity contribution in [3.8, 4) is 0 Å². The van der Waals surface area contributed by atoms with Crippen LogP contribution in [0.15, 0.2) is 0 Å². The average Bonchev–Trinajstić information content (AvgIpc) is 2.45. The first-order chi connectivity index (χ1) is 9.30. The molecule has 1 unspecified atom stereocenters. The zero-order chi connectivity index (χ0) is 13.7. The van der Waals surface area contributed by atoms with Crippen LogP contribution in [-0.4, -0.2) is 30.2 Å². The number of nitrogens with zero attached hydrogens (tertiary/aromatic N) is 2. The van der Waals surface area contributed by atoms with E-state index in [-0.39, 0.29) is 6.10 Å². The van der Waals surface area contributed by atoms with E-state index < -0.39 is 0 Å². The lowest BCUT2D eigenvalue weighted by molar-refractivity contribution is 0.0851. The standard InChI is InChI=1S/C14H23N3O2/c1-4-6-12(18-3)14-16-11-7-8-19-9-10(11)13(17-14)15-5-2/h12H,4-9H2,1-3H3,(H,15,16,17). The fraction of sp³-hybridized carbons (Fsp3) is 0.714. The van der Waals surface area contributed by atoms with Crippen LogP contribution in [0, 0.1) is 0 Å². The third-order valence-electron chi connectivity index (χ3n) is 3.31. The highest BCUT2D eigenvalue weighted by molar-refractivity contribution is 5.47. The van der Waals surface area contributed by atoms with E-state index in [1.807, 2.05) is 0 Å². The number of nitrogens with one attached hydrogen (secondary N) is 1. The molecule has 0 fully saturated rings. The summed E-state index contributed by atoms with van der Waals surface area (Å²) >= 11 is 0. The highest BCUT2D eigenvalue weighted by atomic mass is 16.5. The molecule has 1 atom stereocenters. The van der Waals surface area contributed by atoms with E-state index >= 15 is 0 Å². The molecule has 0 saturated carbocycles. The van der Waals surface area contributed by atoms with Crippen LogP contribution >= 0.6 is 0 Å². The summed E-state index contributed by atoms with van der Waals surface area (Å²) in [5, 5.41) is 3.31. The second kappa shape index (κ2) is 6.82. The molecule has 5 nitrogen and oxygen atoms in total. The van der Waals surface area contributed by atoms with Gasteiger partial charge >= 0.3 is 0 Å². The van der Waals surface area contributed by atoms with Crippen LogP contribution in [0.3, 0.4) is 0 Å². The molecule has 0 bridgehead atoms. The predicted octanol–water partition coefficient (Wildman–Crippen LogP) is 2.47. The van der Waals surface area contributed by atoms with Gasteiger partial charge in [0.15, 0.2) is 5.82 Å². The zero-order valence-corrected chi connectivity index (χ0v) is 12.0. The van der Waals surface area contributed by atoms with Gasteiger partial charge in [-0.3, -0.25) is 0 Å². The van der Waals surface area contributed by atoms with Crippen LogP contribution in [0.2, 0.25) is 0 Å². The lowest BCUT2D eigenvalue weighted by atomic mass is 10.1. The molecule has 0 spiro atoms. The summed E-state index contributed by atoms with van der Waals surface area (Å²) in [5.41, 5.74) is 2.20. The lowest BCUT2D eigenvalue weighted by Crippen LogP contribution is -2.19. The van der Waals surface area contributed by atoms with Gasteiger partial charge in [-0.2, -0.15) is 0 Å². The fourth-order valence-electron chi connectivity index (χ4n) is 2.32. The Balaban J connectivity index is 2.36. The first-order valence-corrected chi connectivity index (χ1v) is 7.04. The van der Waals surface area contributed by atoms with Crippen molar-refractivity contribution in [3.63, 3.8) is 0 Å². The van der Waals surface area contributed by atoms with Crippen LogP contribution in [0.25, 0.3) is 0 Å². The molecule has 0 amide bonds. The van der Waals surface area contributed by atoms with Gasteiger partial charge in [-0.15, -0.1) is 0 Å². The van der Waals surface area contributed by atoms with Crippen LogP contribution in [0.4, 0.5) is 5.82 Å². The summed E-state index contributed by atoms with van der Waals surface area (Å²) in [6, 6.07) is 0. The number of aromatic nitrogens is 2. The van der Waals surface area contributed by atoms with Crippen molar-refractivity contribution in [3.05, 3.63) is 17.1 Å². The molecule has 2 heterocycles. The van der Waals surface area contributed by atoms with Crippen molar-refractivity contribution in [2.45, 2.75) is 45.8 Å². The molecule has 19 heavy (non-hydrogen) atoms. The molecule has 0 radical (unpaired) electrons. The summed E-state index contributed by atoms with van der Waals surface area (Å²) in [5.74, 6) is 1.70. The van der Waals surface area contributed by atoms with Crippen LogP contribution < -0.4 is 5.32 Å². The summed E-state index contributed by atoms with van der Waals surface area (Å²) in [4.78, 5) is 9.33. The maximum absolute atomic E-state index is 5.52. The van der Waals surface area contributed by atoms with Gasteiger partial charge in [0.1, 0.15) is 11.9 Å². The van der Waals surface area contributed by atoms with Crippen LogP contribution in [-0.2, 0) is 22.5 Å². The largest absolute Gasteiger partial charge is 0.376 e. The molecule has 0 saturated heterocycles. The van der Waals surface area contributed by atoms with Crippen molar-refractivity contribution in [1.29, 1.82) is 0 Å². The Bertz CT molecular complexity index is 423. The van der Waals surface area contributed by atoms with E-state index in [1.165, 1.54) is 0 Å². The quantitative estimate of drug-likeness (QED) is 0.856. The summed E-state index contributed by atoms with van der Waals surface area (Å²) < 4.78 is 11.0. The van der Waals surface area contributed by atoms with Gasteiger partial charge in [0, 0.05) is 25.6 Å². The molecule has 5 heteroatoms. The van der Waals surface area contributed by atoms with Crippen molar-refractivity contribution in [1.82, 2.24) is 9.97 Å². The monoisotopic (exact) mass is 265 g/mol. The lowest BCUT2D eigenvalue weighted by Gasteiger charge is -2.22. The Morgan fingerprint density at radius 3 is 2.89 bits per heavy atom. The second-order valence-electron chi connectivity index (χ2n) is 4.70. The minimum atomic E-state index is -0.0180. The Kier molecular flexibility index (Phi) is 5.10. The third kappa shape index (κ3) is 3.22. The Morgan fingerprint density at radius 1 is 1.37 bits per heavy atom. The number of fused-ring (bicyclic) bond motifs is 1. The fourth-order valence-corrected chi connectivity index (χ4v) is 2.32. The normalized spacial score (nSPS) is 15.9. The number of rotatable bonds is 6. The molecule has 1 N–H and O–H groups in total. The van der Waals surface area contributed by atoms with Crippen molar-refractivity contribution in [2.24, 2.45) is 0 Å². The van der Waals surface area contributed by atoms with Gasteiger partial charge in [0.25, 0.3) is 0 Å². The summed E-state index contributed by atoms with van der Waals surface area (Å²) in [6.07, 6.45) is 2.83. The van der Waals surface area contributed by atoms with Gasteiger partial charge < -0.3 is 14.8 Å². The van der Waals surface area contributed by atoms with Gasteiger partial charge in [0.2, 0.25) is 0 Å². The molecule has 1 aliphatic rings. The van der Waals surface area contributed by atoms with E-state index in [0.717, 1.165) is 55.3 Å². The topological polar surface area (TPSA) is 56.3 Å². The molecule has 2 rings (SSSR count). The molecule has 0 aromatic carbocycles. The summed E-state index contributed by atoms with van der Waals surface area (Å²) in [7, 11) is 1.72. The van der Waals surface area contributed by atoms with Gasteiger partial charge in [-0.1, -0.05) is 13.3 Å². The molecule has 106 valence electrons. The predicted molar refractivity (Wildman–Crippen MR) is 74.2 cm³/mol. The van der Waals surface area contributed by atoms with Crippen molar-refractivity contribution < 1.29 is 9.47 Å². The van der Waals surface area contributed by atoms with E-state index in [0.29, 0.717) is 6.61 Å². The SMILES string of the molecule is CCCC(OC)c1nc2c(c(NCC)n1)COCC2. The highest BCUT2D eigenvalue weighted by Gasteiger charge is 2.21. The molecule has 0 aliphatic carbocycles. The Hall–Kier alpha value is -1.20.